The van der Waals surface area contributed by atoms with Crippen LogP contribution in [0.2, 0.25) is 0 Å². The molecule has 1 aliphatic rings. The Labute approximate surface area is 193 Å². The number of piperidine rings is 1. The first-order valence-corrected chi connectivity index (χ1v) is 12.9. The zero-order valence-electron chi connectivity index (χ0n) is 19.0. The molecule has 7 nitrogen and oxygen atoms in total. The fourth-order valence-corrected chi connectivity index (χ4v) is 5.24. The van der Waals surface area contributed by atoms with Gasteiger partial charge in [0.25, 0.3) is 0 Å². The molecule has 11 heteroatoms. The maximum Gasteiger partial charge on any atom is 0.237 e. The van der Waals surface area contributed by atoms with Crippen molar-refractivity contribution in [1.29, 1.82) is 0 Å². The summed E-state index contributed by atoms with van der Waals surface area (Å²) in [5.74, 6) is -5.07. The molecule has 2 N–H and O–H groups in total. The Morgan fingerprint density at radius 1 is 1.09 bits per heavy atom. The highest BCUT2D eigenvalue weighted by Crippen LogP contribution is 2.24. The second-order valence-corrected chi connectivity index (χ2v) is 10.5. The van der Waals surface area contributed by atoms with E-state index in [9.17, 15) is 31.2 Å². The number of benzene rings is 1. The summed E-state index contributed by atoms with van der Waals surface area (Å²) in [4.78, 5) is 27.5. The van der Waals surface area contributed by atoms with E-state index in [0.717, 1.165) is 6.07 Å². The number of carbonyl (C=O) groups excluding carboxylic acids is 2. The molecular formula is C22H32F3N3O4S. The van der Waals surface area contributed by atoms with Crippen molar-refractivity contribution in [2.45, 2.75) is 45.6 Å². The van der Waals surface area contributed by atoms with Crippen LogP contribution in [0, 0.1) is 23.4 Å². The fraction of sp³-hybridized carbons (Fsp3) is 0.636. The van der Waals surface area contributed by atoms with E-state index in [2.05, 4.69) is 0 Å². The third-order valence-corrected chi connectivity index (χ3v) is 7.64. The average Bonchev–Trinajstić information content (AvgIpc) is 2.76. The van der Waals surface area contributed by atoms with E-state index in [0.29, 0.717) is 45.1 Å². The molecule has 1 aromatic carbocycles. The highest BCUT2D eigenvalue weighted by molar-refractivity contribution is 7.92. The van der Waals surface area contributed by atoms with Gasteiger partial charge in [-0.25, -0.2) is 21.6 Å². The molecule has 0 aliphatic carbocycles. The quantitative estimate of drug-likeness (QED) is 0.504. The molecule has 1 fully saturated rings. The summed E-state index contributed by atoms with van der Waals surface area (Å²) in [6.45, 7) is 5.11. The first-order chi connectivity index (χ1) is 15.5. The van der Waals surface area contributed by atoms with Crippen molar-refractivity contribution >= 4 is 21.7 Å². The first-order valence-electron chi connectivity index (χ1n) is 11.1. The van der Waals surface area contributed by atoms with E-state index in [1.165, 1.54) is 4.90 Å². The van der Waals surface area contributed by atoms with E-state index in [4.69, 9.17) is 5.73 Å². The van der Waals surface area contributed by atoms with E-state index in [1.807, 2.05) is 0 Å². The van der Waals surface area contributed by atoms with Gasteiger partial charge in [0.05, 0.1) is 5.75 Å². The van der Waals surface area contributed by atoms with Gasteiger partial charge >= 0.3 is 0 Å². The molecular weight excluding hydrogens is 459 g/mol. The number of likely N-dealkylation sites (tertiary alicyclic amines) is 1. The SMILES string of the molecule is CCN(CC)C(=O)CS(=O)(=O)CCC(=O)N1CCC(C(N)Cc2cc(F)c(F)cc2F)CC1. The summed E-state index contributed by atoms with van der Waals surface area (Å²) in [7, 11) is -3.70. The molecule has 33 heavy (non-hydrogen) atoms. The van der Waals surface area contributed by atoms with Crippen molar-refractivity contribution in [3.05, 3.63) is 35.1 Å². The van der Waals surface area contributed by atoms with Crippen molar-refractivity contribution in [2.24, 2.45) is 11.7 Å². The molecule has 1 unspecified atom stereocenters. The van der Waals surface area contributed by atoms with Crippen molar-refractivity contribution in [1.82, 2.24) is 9.80 Å². The highest BCUT2D eigenvalue weighted by Gasteiger charge is 2.29. The summed E-state index contributed by atoms with van der Waals surface area (Å²) in [6, 6.07) is 0.824. The summed E-state index contributed by atoms with van der Waals surface area (Å²) in [5, 5.41) is 0. The number of rotatable bonds is 10. The molecule has 0 spiro atoms. The van der Waals surface area contributed by atoms with E-state index in [-0.39, 0.29) is 30.2 Å². The van der Waals surface area contributed by atoms with Gasteiger partial charge in [0.1, 0.15) is 11.6 Å². The van der Waals surface area contributed by atoms with Gasteiger partial charge < -0.3 is 15.5 Å². The highest BCUT2D eigenvalue weighted by atomic mass is 32.2. The topological polar surface area (TPSA) is 101 Å². The zero-order valence-corrected chi connectivity index (χ0v) is 19.8. The molecule has 2 rings (SSSR count). The number of amides is 2. The van der Waals surface area contributed by atoms with Gasteiger partial charge in [-0.2, -0.15) is 0 Å². The van der Waals surface area contributed by atoms with Crippen LogP contribution in [-0.4, -0.2) is 73.8 Å². The summed E-state index contributed by atoms with van der Waals surface area (Å²) < 4.78 is 64.9. The van der Waals surface area contributed by atoms with Crippen LogP contribution in [0.3, 0.4) is 0 Å². The standard InChI is InChI=1S/C22H32F3N3O4S/c1-3-27(4-2)22(30)14-33(31,32)10-7-21(29)28-8-5-15(6-9-28)20(26)12-16-11-18(24)19(25)13-17(16)23/h11,13,15,20H,3-10,12,14,26H2,1-2H3. The smallest absolute Gasteiger partial charge is 0.237 e. The Morgan fingerprint density at radius 3 is 2.24 bits per heavy atom. The van der Waals surface area contributed by atoms with Crippen molar-refractivity contribution < 1.29 is 31.2 Å². The van der Waals surface area contributed by atoms with Gasteiger partial charge in [-0.15, -0.1) is 0 Å². The van der Waals surface area contributed by atoms with Crippen molar-refractivity contribution in [2.75, 3.05) is 37.7 Å². The van der Waals surface area contributed by atoms with Crippen LogP contribution in [0.5, 0.6) is 0 Å². The molecule has 0 aromatic heterocycles. The minimum absolute atomic E-state index is 0.00405. The summed E-state index contributed by atoms with van der Waals surface area (Å²) in [6.07, 6.45) is 0.905. The van der Waals surface area contributed by atoms with Crippen LogP contribution in [0.1, 0.15) is 38.7 Å². The summed E-state index contributed by atoms with van der Waals surface area (Å²) in [5.41, 5.74) is 6.17. The number of hydrogen-bond acceptors (Lipinski definition) is 5. The number of nitrogens with zero attached hydrogens (tertiary/aromatic N) is 2. The first kappa shape index (κ1) is 27.1. The van der Waals surface area contributed by atoms with Crippen LogP contribution < -0.4 is 5.73 Å². The van der Waals surface area contributed by atoms with Crippen LogP contribution in [-0.2, 0) is 25.8 Å². The molecule has 1 heterocycles. The molecule has 0 bridgehead atoms. The van der Waals surface area contributed by atoms with E-state index >= 15 is 0 Å². The molecule has 1 saturated heterocycles. The van der Waals surface area contributed by atoms with Gasteiger partial charge in [0, 0.05) is 44.7 Å². The molecule has 1 aliphatic heterocycles. The predicted octanol–water partition coefficient (Wildman–Crippen LogP) is 1.89. The molecule has 186 valence electrons. The van der Waals surface area contributed by atoms with Crippen molar-refractivity contribution in [3.63, 3.8) is 0 Å². The lowest BCUT2D eigenvalue weighted by Gasteiger charge is -2.35. The van der Waals surface area contributed by atoms with Crippen LogP contribution in [0.25, 0.3) is 0 Å². The maximum atomic E-state index is 13.9. The summed E-state index contributed by atoms with van der Waals surface area (Å²) >= 11 is 0. The largest absolute Gasteiger partial charge is 0.343 e. The zero-order chi connectivity index (χ0) is 24.8. The molecule has 1 atom stereocenters. The second kappa shape index (κ2) is 11.8. The van der Waals surface area contributed by atoms with Gasteiger partial charge in [-0.1, -0.05) is 0 Å². The number of sulfone groups is 1. The Morgan fingerprint density at radius 2 is 1.67 bits per heavy atom. The third-order valence-electron chi connectivity index (χ3n) is 6.13. The molecule has 0 radical (unpaired) electrons. The lowest BCUT2D eigenvalue weighted by molar-refractivity contribution is -0.132. The lowest BCUT2D eigenvalue weighted by atomic mass is 9.86. The predicted molar refractivity (Wildman–Crippen MR) is 118 cm³/mol. The Balaban J connectivity index is 1.82. The Hall–Kier alpha value is -2.14. The maximum absolute atomic E-state index is 13.9. The van der Waals surface area contributed by atoms with E-state index in [1.54, 1.807) is 18.7 Å². The normalized spacial score (nSPS) is 16.0. The van der Waals surface area contributed by atoms with Gasteiger partial charge in [0.2, 0.25) is 11.8 Å². The number of nitrogens with two attached hydrogens (primary N) is 1. The second-order valence-electron chi connectivity index (χ2n) is 8.35. The third kappa shape index (κ3) is 7.70. The number of carbonyl (C=O) groups is 2. The number of halogens is 3. The van der Waals surface area contributed by atoms with Crippen molar-refractivity contribution in [3.8, 4) is 0 Å². The average molecular weight is 492 g/mol. The monoisotopic (exact) mass is 491 g/mol. The van der Waals surface area contributed by atoms with Gasteiger partial charge in [-0.05, 0) is 50.7 Å². The Bertz CT molecular complexity index is 946. The number of hydrogen-bond donors (Lipinski definition) is 1. The van der Waals surface area contributed by atoms with Crippen LogP contribution in [0.15, 0.2) is 12.1 Å². The minimum atomic E-state index is -3.70. The van der Waals surface area contributed by atoms with Gasteiger partial charge in [0.15, 0.2) is 21.5 Å². The lowest BCUT2D eigenvalue weighted by Crippen LogP contribution is -2.44. The van der Waals surface area contributed by atoms with E-state index < -0.39 is 50.7 Å². The van der Waals surface area contributed by atoms with Gasteiger partial charge in [-0.3, -0.25) is 9.59 Å². The Kier molecular flexibility index (Phi) is 9.71. The fourth-order valence-electron chi connectivity index (χ4n) is 4.05. The molecule has 2 amide bonds. The molecule has 0 saturated carbocycles. The molecule has 1 aromatic rings. The van der Waals surface area contributed by atoms with Crippen LogP contribution >= 0.6 is 0 Å². The van der Waals surface area contributed by atoms with Crippen LogP contribution in [0.4, 0.5) is 13.2 Å². The minimum Gasteiger partial charge on any atom is -0.343 e.